The van der Waals surface area contributed by atoms with Crippen LogP contribution in [0.5, 0.6) is 5.75 Å². The topological polar surface area (TPSA) is 103 Å². The Bertz CT molecular complexity index is 678. The Balaban J connectivity index is 1.80. The fraction of sp³-hybridized carbons (Fsp3) is 0.556. The van der Waals surface area contributed by atoms with E-state index in [4.69, 9.17) is 18.9 Å². The van der Waals surface area contributed by atoms with Crippen LogP contribution in [0.4, 0.5) is 5.69 Å². The number of hydrogen-bond donors (Lipinski definition) is 2. The second-order valence-corrected chi connectivity index (χ2v) is 6.42. The van der Waals surface area contributed by atoms with Crippen molar-refractivity contribution < 1.29 is 33.6 Å². The average Bonchev–Trinajstić information content (AvgIpc) is 2.99. The minimum absolute atomic E-state index is 0.0265. The number of esters is 1. The molecule has 3 rings (SSSR count). The lowest BCUT2D eigenvalue weighted by Crippen LogP contribution is -2.46. The maximum Gasteiger partial charge on any atom is 0.308 e. The van der Waals surface area contributed by atoms with Gasteiger partial charge in [0.1, 0.15) is 24.6 Å². The van der Waals surface area contributed by atoms with E-state index in [0.717, 1.165) is 5.56 Å². The van der Waals surface area contributed by atoms with Gasteiger partial charge in [-0.3, -0.25) is 9.59 Å². The van der Waals surface area contributed by atoms with Crippen molar-refractivity contribution >= 4 is 17.6 Å². The fourth-order valence-corrected chi connectivity index (χ4v) is 3.56. The van der Waals surface area contributed by atoms with Gasteiger partial charge in [-0.05, 0) is 24.6 Å². The van der Waals surface area contributed by atoms with Crippen LogP contribution in [0.25, 0.3) is 0 Å². The summed E-state index contributed by atoms with van der Waals surface area (Å²) in [4.78, 5) is 23.3. The summed E-state index contributed by atoms with van der Waals surface area (Å²) in [5.74, 6) is 0.0619. The first-order valence-electron chi connectivity index (χ1n) is 8.48. The molecule has 1 amide bonds. The molecule has 0 radical (unpaired) electrons. The quantitative estimate of drug-likeness (QED) is 0.720. The number of ether oxygens (including phenoxy) is 4. The van der Waals surface area contributed by atoms with Gasteiger partial charge < -0.3 is 29.4 Å². The minimum atomic E-state index is -0.526. The molecular formula is C18H23NO7. The fourth-order valence-electron chi connectivity index (χ4n) is 3.56. The highest BCUT2D eigenvalue weighted by Crippen LogP contribution is 2.47. The van der Waals surface area contributed by atoms with Crippen LogP contribution in [0.15, 0.2) is 18.2 Å². The highest BCUT2D eigenvalue weighted by Gasteiger charge is 2.46. The van der Waals surface area contributed by atoms with Gasteiger partial charge >= 0.3 is 5.97 Å². The number of anilines is 1. The van der Waals surface area contributed by atoms with E-state index in [1.807, 2.05) is 6.07 Å². The second kappa shape index (κ2) is 8.03. The molecule has 8 heteroatoms. The number of rotatable bonds is 6. The van der Waals surface area contributed by atoms with Crippen LogP contribution in [0.3, 0.4) is 0 Å². The van der Waals surface area contributed by atoms with Gasteiger partial charge in [0.05, 0.1) is 26.2 Å². The van der Waals surface area contributed by atoms with Crippen molar-refractivity contribution in [2.75, 3.05) is 32.8 Å². The standard InChI is InChI=1S/C18H23NO7/c1-23-9-16(21)19-10-3-4-14-12(5-10)13-6-11(7-17(22)24-2)25-15(8-20)18(13)26-14/h3-5,11,13,15,18,20H,6-9H2,1-2H3,(H,19,21)/t11-,13+,15-,18-/m1/s1. The van der Waals surface area contributed by atoms with Gasteiger partial charge in [0.2, 0.25) is 5.91 Å². The average molecular weight is 365 g/mol. The molecule has 1 aromatic carbocycles. The molecule has 0 spiro atoms. The normalized spacial score (nSPS) is 26.4. The molecular weight excluding hydrogens is 342 g/mol. The molecule has 0 saturated carbocycles. The maximum absolute atomic E-state index is 11.7. The first kappa shape index (κ1) is 18.6. The first-order chi connectivity index (χ1) is 12.5. The Morgan fingerprint density at radius 2 is 2.15 bits per heavy atom. The lowest BCUT2D eigenvalue weighted by atomic mass is 9.84. The summed E-state index contributed by atoms with van der Waals surface area (Å²) in [6.07, 6.45) is -0.521. The predicted octanol–water partition coefficient (Wildman–Crippen LogP) is 0.829. The number of carbonyl (C=O) groups excluding carboxylic acids is 2. The zero-order chi connectivity index (χ0) is 18.7. The monoisotopic (exact) mass is 365 g/mol. The lowest BCUT2D eigenvalue weighted by molar-refractivity contribution is -0.156. The number of amides is 1. The maximum atomic E-state index is 11.7. The zero-order valence-corrected chi connectivity index (χ0v) is 14.8. The Morgan fingerprint density at radius 1 is 1.35 bits per heavy atom. The van der Waals surface area contributed by atoms with Crippen molar-refractivity contribution in [3.05, 3.63) is 23.8 Å². The Labute approximate surface area is 151 Å². The highest BCUT2D eigenvalue weighted by molar-refractivity contribution is 5.91. The number of hydrogen-bond acceptors (Lipinski definition) is 7. The molecule has 2 aliphatic rings. The Hall–Kier alpha value is -2.16. The van der Waals surface area contributed by atoms with Crippen LogP contribution in [0.2, 0.25) is 0 Å². The van der Waals surface area contributed by atoms with Gasteiger partial charge in [0, 0.05) is 24.3 Å². The number of fused-ring (bicyclic) bond motifs is 3. The van der Waals surface area contributed by atoms with E-state index in [-0.39, 0.29) is 49.6 Å². The van der Waals surface area contributed by atoms with Crippen LogP contribution >= 0.6 is 0 Å². The van der Waals surface area contributed by atoms with Crippen molar-refractivity contribution in [1.82, 2.24) is 0 Å². The summed E-state index contributed by atoms with van der Waals surface area (Å²) in [6, 6.07) is 5.41. The molecule has 1 fully saturated rings. The number of aliphatic hydroxyl groups excluding tert-OH is 1. The summed E-state index contributed by atoms with van der Waals surface area (Å²) in [5.41, 5.74) is 1.58. The first-order valence-corrected chi connectivity index (χ1v) is 8.48. The SMILES string of the molecule is COCC(=O)Nc1ccc2c(c1)[C@@H]1C[C@H](CC(=O)OC)O[C@H](CO)[C@@H]1O2. The molecule has 2 heterocycles. The summed E-state index contributed by atoms with van der Waals surface area (Å²) >= 11 is 0. The molecule has 1 aromatic rings. The number of carbonyl (C=O) groups is 2. The zero-order valence-electron chi connectivity index (χ0n) is 14.8. The number of methoxy groups -OCH3 is 2. The largest absolute Gasteiger partial charge is 0.487 e. The molecule has 142 valence electrons. The second-order valence-electron chi connectivity index (χ2n) is 6.42. The van der Waals surface area contributed by atoms with Crippen LogP contribution in [0, 0.1) is 0 Å². The van der Waals surface area contributed by atoms with Crippen molar-refractivity contribution in [3.8, 4) is 5.75 Å². The number of nitrogens with one attached hydrogen (secondary N) is 1. The molecule has 2 aliphatic heterocycles. The summed E-state index contributed by atoms with van der Waals surface area (Å²) < 4.78 is 21.3. The van der Waals surface area contributed by atoms with Gasteiger partial charge in [-0.25, -0.2) is 0 Å². The van der Waals surface area contributed by atoms with Gasteiger partial charge in [-0.2, -0.15) is 0 Å². The third kappa shape index (κ3) is 3.82. The van der Waals surface area contributed by atoms with E-state index in [9.17, 15) is 14.7 Å². The van der Waals surface area contributed by atoms with E-state index in [1.165, 1.54) is 14.2 Å². The highest BCUT2D eigenvalue weighted by atomic mass is 16.6. The molecule has 1 saturated heterocycles. The van der Waals surface area contributed by atoms with E-state index in [0.29, 0.717) is 17.9 Å². The molecule has 2 N–H and O–H groups in total. The summed E-state index contributed by atoms with van der Waals surface area (Å²) in [7, 11) is 2.79. The van der Waals surface area contributed by atoms with Gasteiger partial charge in [0.25, 0.3) is 0 Å². The Morgan fingerprint density at radius 3 is 2.85 bits per heavy atom. The third-order valence-electron chi connectivity index (χ3n) is 4.68. The molecule has 0 bridgehead atoms. The smallest absolute Gasteiger partial charge is 0.308 e. The number of benzene rings is 1. The Kier molecular flexibility index (Phi) is 5.75. The van der Waals surface area contributed by atoms with Gasteiger partial charge in [0.15, 0.2) is 0 Å². The van der Waals surface area contributed by atoms with Crippen molar-refractivity contribution in [2.45, 2.75) is 37.1 Å². The molecule has 0 aliphatic carbocycles. The lowest BCUT2D eigenvalue weighted by Gasteiger charge is -2.36. The summed E-state index contributed by atoms with van der Waals surface area (Å²) in [5, 5.41) is 12.4. The molecule has 0 unspecified atom stereocenters. The third-order valence-corrected chi connectivity index (χ3v) is 4.68. The van der Waals surface area contributed by atoms with Crippen LogP contribution < -0.4 is 10.1 Å². The van der Waals surface area contributed by atoms with E-state index in [2.05, 4.69) is 5.32 Å². The molecule has 26 heavy (non-hydrogen) atoms. The summed E-state index contributed by atoms with van der Waals surface area (Å²) in [6.45, 7) is -0.231. The minimum Gasteiger partial charge on any atom is -0.487 e. The number of aliphatic hydroxyl groups is 1. The van der Waals surface area contributed by atoms with E-state index < -0.39 is 6.10 Å². The van der Waals surface area contributed by atoms with Gasteiger partial charge in [-0.1, -0.05) is 0 Å². The van der Waals surface area contributed by atoms with Crippen molar-refractivity contribution in [3.63, 3.8) is 0 Å². The van der Waals surface area contributed by atoms with Crippen molar-refractivity contribution in [2.24, 2.45) is 0 Å². The molecule has 8 nitrogen and oxygen atoms in total. The van der Waals surface area contributed by atoms with Crippen molar-refractivity contribution in [1.29, 1.82) is 0 Å². The van der Waals surface area contributed by atoms with E-state index >= 15 is 0 Å². The van der Waals surface area contributed by atoms with Crippen LogP contribution in [-0.2, 0) is 23.8 Å². The van der Waals surface area contributed by atoms with E-state index in [1.54, 1.807) is 12.1 Å². The van der Waals surface area contributed by atoms with Gasteiger partial charge in [-0.15, -0.1) is 0 Å². The molecule has 0 aromatic heterocycles. The molecule has 4 atom stereocenters. The van der Waals surface area contributed by atoms with Crippen LogP contribution in [0.1, 0.15) is 24.3 Å². The predicted molar refractivity (Wildman–Crippen MR) is 91.1 cm³/mol. The van der Waals surface area contributed by atoms with Crippen LogP contribution in [-0.4, -0.2) is 62.7 Å².